The fourth-order valence-electron chi connectivity index (χ4n) is 1.93. The summed E-state index contributed by atoms with van der Waals surface area (Å²) in [6, 6.07) is 0.532. The molecule has 5 heteroatoms. The minimum atomic E-state index is -0.358. The number of ether oxygens (including phenoxy) is 1. The van der Waals surface area contributed by atoms with Crippen LogP contribution in [0.1, 0.15) is 50.8 Å². The lowest BCUT2D eigenvalue weighted by molar-refractivity contribution is -0.0122. The van der Waals surface area contributed by atoms with Gasteiger partial charge in [0.05, 0.1) is 6.54 Å². The van der Waals surface area contributed by atoms with Gasteiger partial charge in [0.25, 0.3) is 0 Å². The van der Waals surface area contributed by atoms with Gasteiger partial charge in [-0.25, -0.2) is 0 Å². The van der Waals surface area contributed by atoms with E-state index in [1.54, 1.807) is 7.11 Å². The molecule has 1 aromatic heterocycles. The maximum absolute atomic E-state index is 5.69. The highest BCUT2D eigenvalue weighted by Crippen LogP contribution is 2.40. The predicted octanol–water partition coefficient (Wildman–Crippen LogP) is 1.34. The summed E-state index contributed by atoms with van der Waals surface area (Å²) in [5.41, 5.74) is 5.33. The van der Waals surface area contributed by atoms with Crippen LogP contribution in [-0.4, -0.2) is 21.9 Å². The quantitative estimate of drug-likeness (QED) is 0.819. The fourth-order valence-corrected chi connectivity index (χ4v) is 1.93. The molecule has 1 unspecified atom stereocenters. The second kappa shape index (κ2) is 4.14. The van der Waals surface area contributed by atoms with Crippen molar-refractivity contribution in [3.8, 4) is 0 Å². The van der Waals surface area contributed by atoms with Gasteiger partial charge in [0.2, 0.25) is 0 Å². The molecule has 5 nitrogen and oxygen atoms in total. The summed E-state index contributed by atoms with van der Waals surface area (Å²) in [7, 11) is 1.72. The van der Waals surface area contributed by atoms with E-state index in [1.165, 1.54) is 12.8 Å². The molecule has 1 saturated carbocycles. The predicted molar refractivity (Wildman–Crippen MR) is 60.8 cm³/mol. The number of aromatic nitrogens is 3. The van der Waals surface area contributed by atoms with Crippen molar-refractivity contribution in [2.75, 3.05) is 7.11 Å². The molecule has 16 heavy (non-hydrogen) atoms. The van der Waals surface area contributed by atoms with Gasteiger partial charge < -0.3 is 15.0 Å². The molecule has 0 aromatic carbocycles. The molecule has 2 rings (SSSR count). The summed E-state index contributed by atoms with van der Waals surface area (Å²) in [6.45, 7) is 4.58. The fraction of sp³-hybridized carbons (Fsp3) is 0.818. The third-order valence-corrected chi connectivity index (χ3v) is 3.46. The van der Waals surface area contributed by atoms with E-state index in [1.807, 2.05) is 0 Å². The van der Waals surface area contributed by atoms with Crippen molar-refractivity contribution in [2.45, 2.75) is 51.3 Å². The Balaban J connectivity index is 2.43. The van der Waals surface area contributed by atoms with Gasteiger partial charge in [-0.15, -0.1) is 10.2 Å². The highest BCUT2D eigenvalue weighted by molar-refractivity contribution is 5.09. The molecule has 1 atom stereocenters. The van der Waals surface area contributed by atoms with Gasteiger partial charge in [-0.1, -0.05) is 6.92 Å². The van der Waals surface area contributed by atoms with Crippen LogP contribution in [0, 0.1) is 0 Å². The molecule has 2 N–H and O–H groups in total. The summed E-state index contributed by atoms with van der Waals surface area (Å²) < 4.78 is 7.76. The topological polar surface area (TPSA) is 66.0 Å². The van der Waals surface area contributed by atoms with Crippen LogP contribution in [0.15, 0.2) is 0 Å². The molecular formula is C11H20N4O. The van der Waals surface area contributed by atoms with Crippen molar-refractivity contribution < 1.29 is 4.74 Å². The lowest BCUT2D eigenvalue weighted by atomic mass is 10.0. The third kappa shape index (κ3) is 1.74. The number of nitrogens with two attached hydrogens (primary N) is 1. The highest BCUT2D eigenvalue weighted by atomic mass is 16.5. The normalized spacial score (nSPS) is 19.8. The van der Waals surface area contributed by atoms with Crippen LogP contribution >= 0.6 is 0 Å². The van der Waals surface area contributed by atoms with Gasteiger partial charge >= 0.3 is 0 Å². The first-order valence-corrected chi connectivity index (χ1v) is 5.85. The molecule has 0 bridgehead atoms. The Kier molecular flexibility index (Phi) is 2.99. The van der Waals surface area contributed by atoms with Gasteiger partial charge in [0.1, 0.15) is 11.4 Å². The standard InChI is InChI=1S/C11H20N4O/c1-4-11(2,16-3)10-14-13-9(7-12)15(10)8-5-6-8/h8H,4-7,12H2,1-3H3. The second-order valence-electron chi connectivity index (χ2n) is 4.53. The van der Waals surface area contributed by atoms with E-state index >= 15 is 0 Å². The van der Waals surface area contributed by atoms with Crippen molar-refractivity contribution in [3.05, 3.63) is 11.6 Å². The number of rotatable bonds is 5. The van der Waals surface area contributed by atoms with Crippen LogP contribution < -0.4 is 5.73 Å². The van der Waals surface area contributed by atoms with E-state index in [9.17, 15) is 0 Å². The van der Waals surface area contributed by atoms with Crippen LogP contribution in [-0.2, 0) is 16.9 Å². The van der Waals surface area contributed by atoms with E-state index in [4.69, 9.17) is 10.5 Å². The Morgan fingerprint density at radius 3 is 2.62 bits per heavy atom. The summed E-state index contributed by atoms with van der Waals surface area (Å²) in [4.78, 5) is 0. The van der Waals surface area contributed by atoms with Crippen LogP contribution in [0.2, 0.25) is 0 Å². The maximum atomic E-state index is 5.69. The number of hydrogen-bond acceptors (Lipinski definition) is 4. The van der Waals surface area contributed by atoms with Crippen molar-refractivity contribution in [1.29, 1.82) is 0 Å². The average Bonchev–Trinajstić information content (AvgIpc) is 3.07. The van der Waals surface area contributed by atoms with Crippen LogP contribution in [0.4, 0.5) is 0 Å². The smallest absolute Gasteiger partial charge is 0.165 e. The maximum Gasteiger partial charge on any atom is 0.165 e. The van der Waals surface area contributed by atoms with E-state index in [0.29, 0.717) is 12.6 Å². The molecule has 1 aliphatic carbocycles. The summed E-state index contributed by atoms with van der Waals surface area (Å²) in [5.74, 6) is 1.79. The van der Waals surface area contributed by atoms with Crippen LogP contribution in [0.25, 0.3) is 0 Å². The number of methoxy groups -OCH3 is 1. The molecule has 1 fully saturated rings. The molecule has 0 radical (unpaired) electrons. The van der Waals surface area contributed by atoms with Crippen molar-refractivity contribution in [2.24, 2.45) is 5.73 Å². The monoisotopic (exact) mass is 224 g/mol. The van der Waals surface area contributed by atoms with Gasteiger partial charge in [-0.3, -0.25) is 0 Å². The van der Waals surface area contributed by atoms with Gasteiger partial charge in [-0.2, -0.15) is 0 Å². The average molecular weight is 224 g/mol. The molecular weight excluding hydrogens is 204 g/mol. The highest BCUT2D eigenvalue weighted by Gasteiger charge is 2.37. The van der Waals surface area contributed by atoms with Crippen LogP contribution in [0.3, 0.4) is 0 Å². The number of hydrogen-bond donors (Lipinski definition) is 1. The second-order valence-corrected chi connectivity index (χ2v) is 4.53. The van der Waals surface area contributed by atoms with Gasteiger partial charge in [0, 0.05) is 13.2 Å². The molecule has 1 aliphatic rings. The molecule has 0 aliphatic heterocycles. The summed E-state index contributed by atoms with van der Waals surface area (Å²) >= 11 is 0. The molecule has 0 spiro atoms. The summed E-state index contributed by atoms with van der Waals surface area (Å²) in [6.07, 6.45) is 3.27. The van der Waals surface area contributed by atoms with Crippen molar-refractivity contribution >= 4 is 0 Å². The summed E-state index contributed by atoms with van der Waals surface area (Å²) in [5, 5.41) is 8.44. The third-order valence-electron chi connectivity index (χ3n) is 3.46. The van der Waals surface area contributed by atoms with E-state index in [2.05, 4.69) is 28.6 Å². The Morgan fingerprint density at radius 2 is 2.19 bits per heavy atom. The Morgan fingerprint density at radius 1 is 1.50 bits per heavy atom. The van der Waals surface area contributed by atoms with E-state index < -0.39 is 0 Å². The Hall–Kier alpha value is -0.940. The zero-order valence-corrected chi connectivity index (χ0v) is 10.2. The zero-order chi connectivity index (χ0) is 11.8. The molecule has 0 saturated heterocycles. The van der Waals surface area contributed by atoms with Gasteiger partial charge in [0.15, 0.2) is 5.82 Å². The van der Waals surface area contributed by atoms with Crippen molar-refractivity contribution in [3.63, 3.8) is 0 Å². The first-order valence-electron chi connectivity index (χ1n) is 5.85. The minimum Gasteiger partial charge on any atom is -0.371 e. The molecule has 90 valence electrons. The first-order chi connectivity index (χ1) is 7.66. The van der Waals surface area contributed by atoms with Crippen LogP contribution in [0.5, 0.6) is 0 Å². The Bertz CT molecular complexity index is 366. The SMILES string of the molecule is CCC(C)(OC)c1nnc(CN)n1C1CC1. The van der Waals surface area contributed by atoms with E-state index in [-0.39, 0.29) is 5.60 Å². The number of nitrogens with zero attached hydrogens (tertiary/aromatic N) is 3. The van der Waals surface area contributed by atoms with Crippen molar-refractivity contribution in [1.82, 2.24) is 14.8 Å². The molecule has 1 aromatic rings. The molecule has 0 amide bonds. The first kappa shape index (κ1) is 11.5. The lowest BCUT2D eigenvalue weighted by Crippen LogP contribution is -2.28. The van der Waals surface area contributed by atoms with E-state index in [0.717, 1.165) is 18.1 Å². The largest absolute Gasteiger partial charge is 0.371 e. The van der Waals surface area contributed by atoms with Gasteiger partial charge in [-0.05, 0) is 26.2 Å². The Labute approximate surface area is 96.0 Å². The molecule has 1 heterocycles. The minimum absolute atomic E-state index is 0.358. The zero-order valence-electron chi connectivity index (χ0n) is 10.2. The lowest BCUT2D eigenvalue weighted by Gasteiger charge is -2.26.